The summed E-state index contributed by atoms with van der Waals surface area (Å²) in [6.45, 7) is 1.69. The van der Waals surface area contributed by atoms with Crippen molar-refractivity contribution < 1.29 is 9.47 Å². The molecule has 1 aromatic rings. The molecule has 0 amide bonds. The summed E-state index contributed by atoms with van der Waals surface area (Å²) in [4.78, 5) is 8.33. The molecule has 2 atom stereocenters. The highest BCUT2D eigenvalue weighted by atomic mass is 16.5. The van der Waals surface area contributed by atoms with E-state index < -0.39 is 0 Å². The van der Waals surface area contributed by atoms with E-state index in [2.05, 4.69) is 20.6 Å². The van der Waals surface area contributed by atoms with Crippen LogP contribution in [0.15, 0.2) is 12.3 Å². The second-order valence-corrected chi connectivity index (χ2v) is 3.61. The Morgan fingerprint density at radius 3 is 3.06 bits per heavy atom. The van der Waals surface area contributed by atoms with Crippen molar-refractivity contribution >= 4 is 5.95 Å². The van der Waals surface area contributed by atoms with E-state index in [-0.39, 0.29) is 12.1 Å². The van der Waals surface area contributed by atoms with Crippen LogP contribution in [0.5, 0.6) is 5.88 Å². The molecule has 0 spiro atoms. The third-order valence-corrected chi connectivity index (χ3v) is 2.61. The van der Waals surface area contributed by atoms with Crippen molar-refractivity contribution in [1.29, 1.82) is 0 Å². The number of hydrogen-bond acceptors (Lipinski definition) is 6. The lowest BCUT2D eigenvalue weighted by atomic mass is 10.2. The molecule has 0 saturated carbocycles. The minimum Gasteiger partial charge on any atom is -0.481 e. The summed E-state index contributed by atoms with van der Waals surface area (Å²) in [7, 11) is 3.29. The van der Waals surface area contributed by atoms with Gasteiger partial charge in [0, 0.05) is 32.5 Å². The molecule has 0 radical (unpaired) electrons. The first-order valence-electron chi connectivity index (χ1n) is 5.20. The van der Waals surface area contributed by atoms with E-state index >= 15 is 0 Å². The van der Waals surface area contributed by atoms with E-state index in [0.29, 0.717) is 11.8 Å². The Kier molecular flexibility index (Phi) is 3.53. The highest BCUT2D eigenvalue weighted by Gasteiger charge is 2.27. The van der Waals surface area contributed by atoms with E-state index in [0.717, 1.165) is 13.1 Å². The fourth-order valence-electron chi connectivity index (χ4n) is 1.74. The van der Waals surface area contributed by atoms with Crippen molar-refractivity contribution in [1.82, 2.24) is 15.3 Å². The second kappa shape index (κ2) is 5.09. The van der Waals surface area contributed by atoms with Gasteiger partial charge >= 0.3 is 0 Å². The van der Waals surface area contributed by atoms with Crippen LogP contribution in [-0.2, 0) is 4.74 Å². The minimum atomic E-state index is 0.148. The summed E-state index contributed by atoms with van der Waals surface area (Å²) in [6, 6.07) is 1.91. The maximum atomic E-state index is 5.34. The lowest BCUT2D eigenvalue weighted by molar-refractivity contribution is 0.111. The largest absolute Gasteiger partial charge is 0.481 e. The number of rotatable bonds is 4. The van der Waals surface area contributed by atoms with E-state index in [9.17, 15) is 0 Å². The lowest BCUT2D eigenvalue weighted by Crippen LogP contribution is -2.34. The van der Waals surface area contributed by atoms with Crippen LogP contribution in [0, 0.1) is 0 Å². The SMILES string of the molecule is COc1ccnc(NC2CNCC2OC)n1. The van der Waals surface area contributed by atoms with Gasteiger partial charge in [-0.3, -0.25) is 0 Å². The van der Waals surface area contributed by atoms with Crippen LogP contribution in [0.2, 0.25) is 0 Å². The Balaban J connectivity index is 2.02. The molecule has 0 aromatic carbocycles. The average molecular weight is 224 g/mol. The van der Waals surface area contributed by atoms with Crippen LogP contribution in [-0.4, -0.2) is 49.4 Å². The first kappa shape index (κ1) is 11.1. The summed E-state index contributed by atoms with van der Waals surface area (Å²) < 4.78 is 10.4. The van der Waals surface area contributed by atoms with Gasteiger partial charge in [0.25, 0.3) is 0 Å². The van der Waals surface area contributed by atoms with Gasteiger partial charge in [0.2, 0.25) is 11.8 Å². The van der Waals surface area contributed by atoms with Gasteiger partial charge in [-0.2, -0.15) is 4.98 Å². The van der Waals surface area contributed by atoms with Crippen molar-refractivity contribution in [2.45, 2.75) is 12.1 Å². The minimum absolute atomic E-state index is 0.148. The predicted octanol–water partition coefficient (Wildman–Crippen LogP) is -0.116. The molecule has 1 fully saturated rings. The Morgan fingerprint density at radius 2 is 2.31 bits per heavy atom. The molecule has 6 nitrogen and oxygen atoms in total. The predicted molar refractivity (Wildman–Crippen MR) is 59.7 cm³/mol. The summed E-state index contributed by atoms with van der Waals surface area (Å²) in [6.07, 6.45) is 1.81. The van der Waals surface area contributed by atoms with Crippen molar-refractivity contribution in [3.63, 3.8) is 0 Å². The fourth-order valence-corrected chi connectivity index (χ4v) is 1.74. The van der Waals surface area contributed by atoms with Gasteiger partial charge in [-0.1, -0.05) is 0 Å². The number of nitrogens with zero attached hydrogens (tertiary/aromatic N) is 2. The first-order chi connectivity index (χ1) is 7.83. The molecule has 0 bridgehead atoms. The molecule has 1 saturated heterocycles. The molecule has 6 heteroatoms. The van der Waals surface area contributed by atoms with Crippen molar-refractivity contribution in [2.75, 3.05) is 32.6 Å². The lowest BCUT2D eigenvalue weighted by Gasteiger charge is -2.18. The van der Waals surface area contributed by atoms with Crippen molar-refractivity contribution in [3.8, 4) is 5.88 Å². The van der Waals surface area contributed by atoms with E-state index in [1.807, 2.05) is 0 Å². The molecular weight excluding hydrogens is 208 g/mol. The molecule has 2 heterocycles. The van der Waals surface area contributed by atoms with Gasteiger partial charge in [-0.15, -0.1) is 0 Å². The molecular formula is C10H16N4O2. The Hall–Kier alpha value is -1.40. The Labute approximate surface area is 94.4 Å². The van der Waals surface area contributed by atoms with Gasteiger partial charge in [-0.25, -0.2) is 4.98 Å². The van der Waals surface area contributed by atoms with Crippen LogP contribution < -0.4 is 15.4 Å². The molecule has 88 valence electrons. The smallest absolute Gasteiger partial charge is 0.226 e. The third kappa shape index (κ3) is 2.40. The maximum absolute atomic E-state index is 5.34. The number of aromatic nitrogens is 2. The van der Waals surface area contributed by atoms with Gasteiger partial charge in [-0.05, 0) is 0 Å². The van der Waals surface area contributed by atoms with Crippen molar-refractivity contribution in [2.24, 2.45) is 0 Å². The van der Waals surface area contributed by atoms with Crippen LogP contribution in [0.25, 0.3) is 0 Å². The van der Waals surface area contributed by atoms with Gasteiger partial charge in [0.1, 0.15) is 0 Å². The summed E-state index contributed by atoms with van der Waals surface area (Å²) in [5.74, 6) is 1.12. The first-order valence-corrected chi connectivity index (χ1v) is 5.20. The normalized spacial score (nSPS) is 24.4. The molecule has 2 unspecified atom stereocenters. The third-order valence-electron chi connectivity index (χ3n) is 2.61. The molecule has 2 rings (SSSR count). The number of hydrogen-bond donors (Lipinski definition) is 2. The number of anilines is 1. The van der Waals surface area contributed by atoms with Crippen molar-refractivity contribution in [3.05, 3.63) is 12.3 Å². The fraction of sp³-hybridized carbons (Fsp3) is 0.600. The molecule has 1 aromatic heterocycles. The molecule has 16 heavy (non-hydrogen) atoms. The van der Waals surface area contributed by atoms with E-state index in [1.165, 1.54) is 0 Å². The zero-order valence-electron chi connectivity index (χ0n) is 9.43. The van der Waals surface area contributed by atoms with Gasteiger partial charge < -0.3 is 20.1 Å². The Morgan fingerprint density at radius 1 is 1.44 bits per heavy atom. The molecule has 0 aliphatic carbocycles. The summed E-state index contributed by atoms with van der Waals surface area (Å²) in [5, 5.41) is 6.47. The van der Waals surface area contributed by atoms with Crippen LogP contribution in [0.1, 0.15) is 0 Å². The second-order valence-electron chi connectivity index (χ2n) is 3.61. The number of methoxy groups -OCH3 is 2. The summed E-state index contributed by atoms with van der Waals surface area (Å²) >= 11 is 0. The van der Waals surface area contributed by atoms with Crippen LogP contribution >= 0.6 is 0 Å². The topological polar surface area (TPSA) is 68.3 Å². The zero-order chi connectivity index (χ0) is 11.4. The highest BCUT2D eigenvalue weighted by molar-refractivity contribution is 5.30. The number of nitrogens with one attached hydrogen (secondary N) is 2. The van der Waals surface area contributed by atoms with E-state index in [4.69, 9.17) is 9.47 Å². The average Bonchev–Trinajstić information content (AvgIpc) is 2.76. The Bertz CT molecular complexity index is 347. The number of ether oxygens (including phenoxy) is 2. The van der Waals surface area contributed by atoms with Gasteiger partial charge in [0.05, 0.1) is 19.3 Å². The monoisotopic (exact) mass is 224 g/mol. The molecule has 1 aliphatic heterocycles. The van der Waals surface area contributed by atoms with Gasteiger partial charge in [0.15, 0.2) is 0 Å². The van der Waals surface area contributed by atoms with E-state index in [1.54, 1.807) is 26.5 Å². The quantitative estimate of drug-likeness (QED) is 0.743. The standard InChI is InChI=1S/C10H16N4O2/c1-15-8-6-11-5-7(8)13-10-12-4-3-9(14-10)16-2/h3-4,7-8,11H,5-6H2,1-2H3,(H,12,13,14). The summed E-state index contributed by atoms with van der Waals surface area (Å²) in [5.41, 5.74) is 0. The molecule has 2 N–H and O–H groups in total. The van der Waals surface area contributed by atoms with Crippen LogP contribution in [0.4, 0.5) is 5.95 Å². The van der Waals surface area contributed by atoms with Crippen LogP contribution in [0.3, 0.4) is 0 Å². The highest BCUT2D eigenvalue weighted by Crippen LogP contribution is 2.12. The zero-order valence-corrected chi connectivity index (χ0v) is 9.43. The maximum Gasteiger partial charge on any atom is 0.226 e. The molecule has 1 aliphatic rings.